The van der Waals surface area contributed by atoms with Crippen molar-refractivity contribution in [2.24, 2.45) is 0 Å². The van der Waals surface area contributed by atoms with Crippen molar-refractivity contribution >= 4 is 0 Å². The maximum absolute atomic E-state index is 12.5. The minimum atomic E-state index is -0.113. The molecule has 3 rings (SSSR count). The van der Waals surface area contributed by atoms with Crippen molar-refractivity contribution in [3.63, 3.8) is 0 Å². The minimum absolute atomic E-state index is 0.0568. The van der Waals surface area contributed by atoms with Crippen LogP contribution in [0.3, 0.4) is 0 Å². The molecule has 1 aromatic heterocycles. The van der Waals surface area contributed by atoms with Gasteiger partial charge in [0.05, 0.1) is 25.5 Å². The van der Waals surface area contributed by atoms with E-state index in [4.69, 9.17) is 9.47 Å². The second kappa shape index (κ2) is 5.40. The second-order valence-corrected chi connectivity index (χ2v) is 5.32. The first kappa shape index (κ1) is 14.5. The van der Waals surface area contributed by atoms with Crippen LogP contribution < -0.4 is 15.0 Å². The monoisotopic (exact) mass is 301 g/mol. The van der Waals surface area contributed by atoms with E-state index in [2.05, 4.69) is 0 Å². The number of fused-ring (bicyclic) bond motifs is 3. The molecule has 5 heteroatoms. The fraction of sp³-hybridized carbons (Fsp3) is 0.353. The van der Waals surface area contributed by atoms with Gasteiger partial charge in [0.2, 0.25) is 0 Å². The summed E-state index contributed by atoms with van der Waals surface area (Å²) in [5.41, 5.74) is 3.06. The van der Waals surface area contributed by atoms with Gasteiger partial charge in [-0.25, -0.2) is 0 Å². The van der Waals surface area contributed by atoms with Gasteiger partial charge in [-0.15, -0.1) is 0 Å². The molecule has 22 heavy (non-hydrogen) atoms. The summed E-state index contributed by atoms with van der Waals surface area (Å²) in [6, 6.07) is 5.47. The van der Waals surface area contributed by atoms with E-state index in [-0.39, 0.29) is 11.3 Å². The van der Waals surface area contributed by atoms with E-state index >= 15 is 0 Å². The highest BCUT2D eigenvalue weighted by molar-refractivity contribution is 5.71. The molecule has 2 heterocycles. The van der Waals surface area contributed by atoms with Crippen LogP contribution in [0.2, 0.25) is 0 Å². The molecule has 0 aliphatic carbocycles. The Morgan fingerprint density at radius 2 is 1.86 bits per heavy atom. The first-order chi connectivity index (χ1) is 10.6. The predicted molar refractivity (Wildman–Crippen MR) is 84.0 cm³/mol. The molecule has 0 atom stereocenters. The third-order valence-corrected chi connectivity index (χ3v) is 4.22. The van der Waals surface area contributed by atoms with Crippen LogP contribution in [0.4, 0.5) is 0 Å². The molecule has 2 aromatic rings. The number of methoxy groups -OCH3 is 2. The van der Waals surface area contributed by atoms with E-state index in [1.54, 1.807) is 24.9 Å². The summed E-state index contributed by atoms with van der Waals surface area (Å²) in [6.07, 6.45) is 1.26. The van der Waals surface area contributed by atoms with E-state index in [9.17, 15) is 9.90 Å². The van der Waals surface area contributed by atoms with Gasteiger partial charge in [-0.3, -0.25) is 4.79 Å². The Kier molecular flexibility index (Phi) is 3.56. The van der Waals surface area contributed by atoms with Crippen LogP contribution in [-0.4, -0.2) is 23.9 Å². The molecular weight excluding hydrogens is 282 g/mol. The Balaban J connectivity index is 2.28. The smallest absolute Gasteiger partial charge is 0.257 e. The van der Waals surface area contributed by atoms with Crippen molar-refractivity contribution in [2.75, 3.05) is 14.2 Å². The molecule has 0 unspecified atom stereocenters. The number of hydrogen-bond donors (Lipinski definition) is 1. The molecule has 0 radical (unpaired) electrons. The number of aromatic hydroxyl groups is 1. The lowest BCUT2D eigenvalue weighted by atomic mass is 9.95. The van der Waals surface area contributed by atoms with E-state index in [0.717, 1.165) is 23.2 Å². The average molecular weight is 301 g/mol. The van der Waals surface area contributed by atoms with Crippen molar-refractivity contribution in [3.05, 3.63) is 39.7 Å². The lowest BCUT2D eigenvalue weighted by Gasteiger charge is -2.24. The van der Waals surface area contributed by atoms with E-state index in [0.29, 0.717) is 30.0 Å². The maximum Gasteiger partial charge on any atom is 0.257 e. The highest BCUT2D eigenvalue weighted by Gasteiger charge is 2.22. The van der Waals surface area contributed by atoms with Crippen LogP contribution in [0, 0.1) is 0 Å². The summed E-state index contributed by atoms with van der Waals surface area (Å²) in [7, 11) is 3.18. The van der Waals surface area contributed by atoms with E-state index in [1.807, 2.05) is 19.1 Å². The number of hydrogen-bond acceptors (Lipinski definition) is 4. The van der Waals surface area contributed by atoms with Gasteiger partial charge in [0, 0.05) is 18.2 Å². The van der Waals surface area contributed by atoms with Gasteiger partial charge >= 0.3 is 0 Å². The highest BCUT2D eigenvalue weighted by Crippen LogP contribution is 2.39. The number of rotatable bonds is 3. The topological polar surface area (TPSA) is 60.7 Å². The summed E-state index contributed by atoms with van der Waals surface area (Å²) in [4.78, 5) is 12.5. The van der Waals surface area contributed by atoms with Crippen molar-refractivity contribution in [3.8, 4) is 28.5 Å². The Morgan fingerprint density at radius 1 is 1.18 bits per heavy atom. The zero-order valence-electron chi connectivity index (χ0n) is 13.0. The lowest BCUT2D eigenvalue weighted by molar-refractivity contribution is 0.354. The van der Waals surface area contributed by atoms with Crippen LogP contribution >= 0.6 is 0 Å². The van der Waals surface area contributed by atoms with Crippen molar-refractivity contribution in [1.82, 2.24) is 4.57 Å². The molecule has 0 fully saturated rings. The SMILES string of the molecule is CCc1c(O)cc2n(c1=O)CCc1cc(OC)c(OC)cc1-2. The molecule has 0 bridgehead atoms. The van der Waals surface area contributed by atoms with Gasteiger partial charge in [-0.2, -0.15) is 0 Å². The fourth-order valence-corrected chi connectivity index (χ4v) is 3.05. The van der Waals surface area contributed by atoms with Gasteiger partial charge in [0.15, 0.2) is 11.5 Å². The van der Waals surface area contributed by atoms with E-state index < -0.39 is 0 Å². The third-order valence-electron chi connectivity index (χ3n) is 4.22. The second-order valence-electron chi connectivity index (χ2n) is 5.32. The van der Waals surface area contributed by atoms with Gasteiger partial charge in [0.25, 0.3) is 5.56 Å². The Hall–Kier alpha value is -2.43. The van der Waals surface area contributed by atoms with E-state index in [1.165, 1.54) is 0 Å². The number of benzene rings is 1. The standard InChI is InChI=1S/C17H19NO4/c1-4-11-14(19)9-13-12-8-16(22-3)15(21-2)7-10(12)5-6-18(13)17(11)20/h7-9,19H,4-6H2,1-3H3. The van der Waals surface area contributed by atoms with Crippen molar-refractivity contribution in [2.45, 2.75) is 26.3 Å². The van der Waals surface area contributed by atoms with Crippen LogP contribution in [0.15, 0.2) is 23.0 Å². The summed E-state index contributed by atoms with van der Waals surface area (Å²) < 4.78 is 12.4. The van der Waals surface area contributed by atoms with Crippen LogP contribution in [0.1, 0.15) is 18.1 Å². The zero-order chi connectivity index (χ0) is 15.9. The third kappa shape index (κ3) is 2.04. The predicted octanol–water partition coefficient (Wildman–Crippen LogP) is 2.36. The van der Waals surface area contributed by atoms with Crippen molar-refractivity contribution < 1.29 is 14.6 Å². The number of aromatic nitrogens is 1. The number of nitrogens with zero attached hydrogens (tertiary/aromatic N) is 1. The highest BCUT2D eigenvalue weighted by atomic mass is 16.5. The molecule has 0 spiro atoms. The van der Waals surface area contributed by atoms with Gasteiger partial charge in [-0.1, -0.05) is 6.92 Å². The first-order valence-corrected chi connectivity index (χ1v) is 7.31. The van der Waals surface area contributed by atoms with Gasteiger partial charge in [0.1, 0.15) is 5.75 Å². The Morgan fingerprint density at radius 3 is 2.50 bits per heavy atom. The molecule has 1 aliphatic rings. The lowest BCUT2D eigenvalue weighted by Crippen LogP contribution is -2.28. The van der Waals surface area contributed by atoms with Gasteiger partial charge in [-0.05, 0) is 30.5 Å². The number of ether oxygens (including phenoxy) is 2. The van der Waals surface area contributed by atoms with Crippen molar-refractivity contribution in [1.29, 1.82) is 0 Å². The first-order valence-electron chi connectivity index (χ1n) is 7.31. The fourth-order valence-electron chi connectivity index (χ4n) is 3.05. The molecule has 1 N–H and O–H groups in total. The van der Waals surface area contributed by atoms with Crippen LogP contribution in [-0.2, 0) is 19.4 Å². The molecule has 1 aliphatic heterocycles. The summed E-state index contributed by atoms with van der Waals surface area (Å²) in [5.74, 6) is 1.34. The maximum atomic E-state index is 12.5. The normalized spacial score (nSPS) is 12.5. The van der Waals surface area contributed by atoms with Crippen LogP contribution in [0.5, 0.6) is 17.2 Å². The number of pyridine rings is 1. The summed E-state index contributed by atoms with van der Waals surface area (Å²) in [6.45, 7) is 2.47. The van der Waals surface area contributed by atoms with Gasteiger partial charge < -0.3 is 19.1 Å². The van der Waals surface area contributed by atoms with Crippen LogP contribution in [0.25, 0.3) is 11.3 Å². The molecule has 0 saturated heterocycles. The Bertz CT molecular complexity index is 792. The zero-order valence-corrected chi connectivity index (χ0v) is 13.0. The number of aryl methyl sites for hydroxylation is 1. The molecular formula is C17H19NO4. The summed E-state index contributed by atoms with van der Waals surface area (Å²) >= 11 is 0. The molecule has 1 aromatic carbocycles. The molecule has 5 nitrogen and oxygen atoms in total. The molecule has 116 valence electrons. The quantitative estimate of drug-likeness (QED) is 0.945. The largest absolute Gasteiger partial charge is 0.507 e. The summed E-state index contributed by atoms with van der Waals surface area (Å²) in [5, 5.41) is 10.1. The molecule has 0 saturated carbocycles. The minimum Gasteiger partial charge on any atom is -0.507 e. The Labute approximate surface area is 128 Å². The molecule has 0 amide bonds. The average Bonchev–Trinajstić information content (AvgIpc) is 2.53.